The van der Waals surface area contributed by atoms with Crippen molar-refractivity contribution in [1.29, 1.82) is 0 Å². The van der Waals surface area contributed by atoms with E-state index in [1.54, 1.807) is 19.1 Å². The average Bonchev–Trinajstić information content (AvgIpc) is 2.43. The second kappa shape index (κ2) is 5.61. The summed E-state index contributed by atoms with van der Waals surface area (Å²) in [7, 11) is 0. The molecule has 0 aromatic heterocycles. The Hall–Kier alpha value is -1.55. The highest BCUT2D eigenvalue weighted by Crippen LogP contribution is 2.28. The molecule has 1 aliphatic rings. The lowest BCUT2D eigenvalue weighted by atomic mass is 9.82. The van der Waals surface area contributed by atoms with Crippen LogP contribution >= 0.6 is 0 Å². The summed E-state index contributed by atoms with van der Waals surface area (Å²) >= 11 is 0. The molecule has 1 fully saturated rings. The van der Waals surface area contributed by atoms with Crippen molar-refractivity contribution >= 4 is 5.91 Å². The van der Waals surface area contributed by atoms with Crippen LogP contribution in [0.1, 0.15) is 48.0 Å². The van der Waals surface area contributed by atoms with Crippen molar-refractivity contribution in [1.82, 2.24) is 5.32 Å². The molecule has 4 nitrogen and oxygen atoms in total. The summed E-state index contributed by atoms with van der Waals surface area (Å²) in [6, 6.07) is 4.88. The summed E-state index contributed by atoms with van der Waals surface area (Å²) in [6.45, 7) is 1.75. The van der Waals surface area contributed by atoms with Gasteiger partial charge in [0.2, 0.25) is 0 Å². The van der Waals surface area contributed by atoms with Crippen molar-refractivity contribution < 1.29 is 15.0 Å². The Morgan fingerprint density at radius 3 is 2.58 bits per heavy atom. The topological polar surface area (TPSA) is 69.6 Å². The van der Waals surface area contributed by atoms with Crippen LogP contribution in [0.15, 0.2) is 18.2 Å². The molecule has 0 bridgehead atoms. The van der Waals surface area contributed by atoms with E-state index in [0.717, 1.165) is 37.7 Å². The number of benzene rings is 1. The van der Waals surface area contributed by atoms with Crippen LogP contribution in [0.5, 0.6) is 5.75 Å². The number of aromatic hydroxyl groups is 1. The zero-order valence-corrected chi connectivity index (χ0v) is 11.3. The molecule has 1 aromatic rings. The minimum atomic E-state index is -0.490. The van der Waals surface area contributed by atoms with Gasteiger partial charge in [0, 0.05) is 5.56 Å². The average molecular weight is 263 g/mol. The highest BCUT2D eigenvalue weighted by atomic mass is 16.3. The molecule has 2 rings (SSSR count). The lowest BCUT2D eigenvalue weighted by Crippen LogP contribution is -2.52. The van der Waals surface area contributed by atoms with E-state index in [-0.39, 0.29) is 18.3 Å². The maximum atomic E-state index is 12.2. The second-order valence-corrected chi connectivity index (χ2v) is 5.45. The van der Waals surface area contributed by atoms with Crippen molar-refractivity contribution in [2.75, 3.05) is 6.61 Å². The minimum absolute atomic E-state index is 0.0312. The number of aliphatic hydroxyl groups excluding tert-OH is 1. The van der Waals surface area contributed by atoms with Crippen molar-refractivity contribution in [2.45, 2.75) is 44.6 Å². The number of aliphatic hydroxyl groups is 1. The maximum absolute atomic E-state index is 12.2. The fraction of sp³-hybridized carbons (Fsp3) is 0.533. The number of nitrogens with one attached hydrogen (secondary N) is 1. The monoisotopic (exact) mass is 263 g/mol. The van der Waals surface area contributed by atoms with Gasteiger partial charge in [0.05, 0.1) is 12.1 Å². The first-order valence-corrected chi connectivity index (χ1v) is 6.79. The molecule has 0 saturated heterocycles. The van der Waals surface area contributed by atoms with E-state index in [1.807, 2.05) is 0 Å². The van der Waals surface area contributed by atoms with E-state index in [9.17, 15) is 15.0 Å². The maximum Gasteiger partial charge on any atom is 0.251 e. The summed E-state index contributed by atoms with van der Waals surface area (Å²) in [5.41, 5.74) is 0.683. The number of hydrogen-bond acceptors (Lipinski definition) is 3. The lowest BCUT2D eigenvalue weighted by Gasteiger charge is -2.36. The van der Waals surface area contributed by atoms with Gasteiger partial charge in [0.25, 0.3) is 5.91 Å². The van der Waals surface area contributed by atoms with Crippen LogP contribution in [0.3, 0.4) is 0 Å². The number of aryl methyl sites for hydroxylation is 1. The van der Waals surface area contributed by atoms with Crippen LogP contribution < -0.4 is 5.32 Å². The number of amides is 1. The molecule has 1 saturated carbocycles. The van der Waals surface area contributed by atoms with Crippen molar-refractivity contribution in [3.05, 3.63) is 29.3 Å². The molecule has 1 amide bonds. The minimum Gasteiger partial charge on any atom is -0.508 e. The predicted molar refractivity (Wildman–Crippen MR) is 73.2 cm³/mol. The van der Waals surface area contributed by atoms with Gasteiger partial charge >= 0.3 is 0 Å². The van der Waals surface area contributed by atoms with Gasteiger partial charge in [0.15, 0.2) is 0 Å². The lowest BCUT2D eigenvalue weighted by molar-refractivity contribution is 0.0758. The summed E-state index contributed by atoms with van der Waals surface area (Å²) in [4.78, 5) is 12.2. The van der Waals surface area contributed by atoms with Crippen LogP contribution in [0, 0.1) is 6.92 Å². The third-order valence-corrected chi connectivity index (χ3v) is 3.96. The van der Waals surface area contributed by atoms with E-state index in [1.165, 1.54) is 6.07 Å². The van der Waals surface area contributed by atoms with Crippen LogP contribution in [-0.2, 0) is 0 Å². The third-order valence-electron chi connectivity index (χ3n) is 3.96. The first-order chi connectivity index (χ1) is 9.06. The fourth-order valence-electron chi connectivity index (χ4n) is 2.61. The number of carbonyl (C=O) groups excluding carboxylic acids is 1. The summed E-state index contributed by atoms with van der Waals surface area (Å²) < 4.78 is 0. The van der Waals surface area contributed by atoms with Gasteiger partial charge in [-0.25, -0.2) is 0 Å². The molecule has 0 unspecified atom stereocenters. The van der Waals surface area contributed by atoms with Gasteiger partial charge in [-0.05, 0) is 37.5 Å². The number of phenols is 1. The molecule has 19 heavy (non-hydrogen) atoms. The summed E-state index contributed by atoms with van der Waals surface area (Å²) in [5, 5.41) is 22.2. The van der Waals surface area contributed by atoms with Crippen LogP contribution in [0.4, 0.5) is 0 Å². The van der Waals surface area contributed by atoms with Gasteiger partial charge in [0.1, 0.15) is 5.75 Å². The highest BCUT2D eigenvalue weighted by Gasteiger charge is 2.33. The van der Waals surface area contributed by atoms with Crippen molar-refractivity contribution in [3.63, 3.8) is 0 Å². The standard InChI is InChI=1S/C15H21NO3/c1-11-5-6-12(9-13(11)18)14(19)16-15(10-17)7-3-2-4-8-15/h5-6,9,17-18H,2-4,7-8,10H2,1H3,(H,16,19). The van der Waals surface area contributed by atoms with Crippen molar-refractivity contribution in [2.24, 2.45) is 0 Å². The zero-order chi connectivity index (χ0) is 13.9. The first-order valence-electron chi connectivity index (χ1n) is 6.79. The van der Waals surface area contributed by atoms with Gasteiger partial charge in [-0.1, -0.05) is 25.3 Å². The highest BCUT2D eigenvalue weighted by molar-refractivity contribution is 5.95. The van der Waals surface area contributed by atoms with Crippen LogP contribution in [0.2, 0.25) is 0 Å². The smallest absolute Gasteiger partial charge is 0.251 e. The Bertz CT molecular complexity index is 464. The Morgan fingerprint density at radius 1 is 1.32 bits per heavy atom. The third kappa shape index (κ3) is 3.07. The fourth-order valence-corrected chi connectivity index (χ4v) is 2.61. The molecule has 3 N–H and O–H groups in total. The number of hydrogen-bond donors (Lipinski definition) is 3. The molecule has 0 spiro atoms. The molecule has 0 aliphatic heterocycles. The SMILES string of the molecule is Cc1ccc(C(=O)NC2(CO)CCCCC2)cc1O. The molecule has 1 aliphatic carbocycles. The second-order valence-electron chi connectivity index (χ2n) is 5.45. The van der Waals surface area contributed by atoms with Gasteiger partial charge < -0.3 is 15.5 Å². The van der Waals surface area contributed by atoms with E-state index < -0.39 is 5.54 Å². The Labute approximate surface area is 113 Å². The zero-order valence-electron chi connectivity index (χ0n) is 11.3. The first kappa shape index (κ1) is 13.9. The molecule has 0 atom stereocenters. The summed E-state index contributed by atoms with van der Waals surface area (Å²) in [5.74, 6) is -0.111. The Balaban J connectivity index is 2.12. The Morgan fingerprint density at radius 2 is 2.00 bits per heavy atom. The van der Waals surface area contributed by atoms with E-state index in [4.69, 9.17) is 0 Å². The molecule has 1 aromatic carbocycles. The van der Waals surface area contributed by atoms with E-state index >= 15 is 0 Å². The normalized spacial score (nSPS) is 18.0. The Kier molecular flexibility index (Phi) is 4.10. The number of carbonyl (C=O) groups is 1. The van der Waals surface area contributed by atoms with Crippen molar-refractivity contribution in [3.8, 4) is 5.75 Å². The van der Waals surface area contributed by atoms with Gasteiger partial charge in [-0.3, -0.25) is 4.79 Å². The van der Waals surface area contributed by atoms with Crippen LogP contribution in [-0.4, -0.2) is 28.3 Å². The predicted octanol–water partition coefficient (Wildman–Crippen LogP) is 2.13. The summed E-state index contributed by atoms with van der Waals surface area (Å²) in [6.07, 6.45) is 4.84. The molecule has 0 radical (unpaired) electrons. The van der Waals surface area contributed by atoms with Gasteiger partial charge in [-0.15, -0.1) is 0 Å². The van der Waals surface area contributed by atoms with E-state index in [2.05, 4.69) is 5.32 Å². The molecule has 104 valence electrons. The quantitative estimate of drug-likeness (QED) is 0.782. The number of rotatable bonds is 3. The van der Waals surface area contributed by atoms with E-state index in [0.29, 0.717) is 5.56 Å². The molecular weight excluding hydrogens is 242 g/mol. The largest absolute Gasteiger partial charge is 0.508 e. The molecule has 4 heteroatoms. The van der Waals surface area contributed by atoms with Gasteiger partial charge in [-0.2, -0.15) is 0 Å². The number of phenolic OH excluding ortho intramolecular Hbond substituents is 1. The van der Waals surface area contributed by atoms with Crippen LogP contribution in [0.25, 0.3) is 0 Å². The molecular formula is C15H21NO3. The molecule has 0 heterocycles.